The van der Waals surface area contributed by atoms with Crippen molar-refractivity contribution in [2.45, 2.75) is 0 Å². The summed E-state index contributed by atoms with van der Waals surface area (Å²) in [6, 6.07) is 16.6. The summed E-state index contributed by atoms with van der Waals surface area (Å²) in [6.45, 7) is 3.82. The van der Waals surface area contributed by atoms with E-state index in [1.54, 1.807) is 12.4 Å². The van der Waals surface area contributed by atoms with E-state index < -0.39 is 0 Å². The Morgan fingerprint density at radius 1 is 0.913 bits per heavy atom. The SMILES string of the molecule is C=Cn1ccnc1C=C(c1ccc(Br)cc1)c1ccc(Br)cc1. The predicted molar refractivity (Wildman–Crippen MR) is 104 cm³/mol. The summed E-state index contributed by atoms with van der Waals surface area (Å²) in [5.74, 6) is 0.848. The van der Waals surface area contributed by atoms with Gasteiger partial charge in [-0.1, -0.05) is 62.7 Å². The average molecular weight is 430 g/mol. The summed E-state index contributed by atoms with van der Waals surface area (Å²) in [5, 5.41) is 0. The van der Waals surface area contributed by atoms with E-state index >= 15 is 0 Å². The monoisotopic (exact) mass is 428 g/mol. The fourth-order valence-corrected chi connectivity index (χ4v) is 2.84. The van der Waals surface area contributed by atoms with Crippen LogP contribution in [0.1, 0.15) is 17.0 Å². The maximum atomic E-state index is 4.41. The van der Waals surface area contributed by atoms with Gasteiger partial charge in [-0.3, -0.25) is 0 Å². The van der Waals surface area contributed by atoms with Gasteiger partial charge in [0.2, 0.25) is 0 Å². The molecule has 2 aromatic carbocycles. The molecular weight excluding hydrogens is 416 g/mol. The van der Waals surface area contributed by atoms with Crippen LogP contribution in [0, 0.1) is 0 Å². The third-order valence-corrected chi connectivity index (χ3v) is 4.54. The van der Waals surface area contributed by atoms with Crippen molar-refractivity contribution in [2.24, 2.45) is 0 Å². The topological polar surface area (TPSA) is 17.8 Å². The standard InChI is InChI=1S/C19H14Br2N2/c1-2-23-12-11-22-19(23)13-18(14-3-7-16(20)8-4-14)15-5-9-17(21)10-6-15/h2-13H,1H2. The van der Waals surface area contributed by atoms with Gasteiger partial charge >= 0.3 is 0 Å². The van der Waals surface area contributed by atoms with E-state index in [1.165, 1.54) is 0 Å². The Balaban J connectivity index is 2.15. The maximum absolute atomic E-state index is 4.41. The molecule has 0 aliphatic heterocycles. The minimum atomic E-state index is 0.848. The lowest BCUT2D eigenvalue weighted by Gasteiger charge is -2.10. The van der Waals surface area contributed by atoms with Gasteiger partial charge in [-0.15, -0.1) is 0 Å². The highest BCUT2D eigenvalue weighted by atomic mass is 79.9. The van der Waals surface area contributed by atoms with Crippen LogP contribution in [0.4, 0.5) is 0 Å². The molecule has 0 radical (unpaired) electrons. The summed E-state index contributed by atoms with van der Waals surface area (Å²) >= 11 is 6.98. The highest BCUT2D eigenvalue weighted by Gasteiger charge is 2.08. The second-order valence-corrected chi connectivity index (χ2v) is 6.78. The first-order valence-electron chi connectivity index (χ1n) is 7.06. The van der Waals surface area contributed by atoms with Crippen molar-refractivity contribution >= 4 is 49.7 Å². The van der Waals surface area contributed by atoms with E-state index in [4.69, 9.17) is 0 Å². The Labute approximate surface area is 152 Å². The Morgan fingerprint density at radius 3 is 1.91 bits per heavy atom. The number of imidazole rings is 1. The number of benzene rings is 2. The normalized spacial score (nSPS) is 10.3. The van der Waals surface area contributed by atoms with Crippen molar-refractivity contribution in [2.75, 3.05) is 0 Å². The van der Waals surface area contributed by atoms with Gasteiger partial charge in [0.05, 0.1) is 0 Å². The molecule has 0 spiro atoms. The van der Waals surface area contributed by atoms with Gasteiger partial charge in [-0.25, -0.2) is 4.98 Å². The molecule has 114 valence electrons. The number of nitrogens with zero attached hydrogens (tertiary/aromatic N) is 2. The average Bonchev–Trinajstić information content (AvgIpc) is 3.02. The fraction of sp³-hybridized carbons (Fsp3) is 0. The third kappa shape index (κ3) is 3.71. The van der Waals surface area contributed by atoms with Gasteiger partial charge in [0.15, 0.2) is 0 Å². The van der Waals surface area contributed by atoms with E-state index in [0.717, 1.165) is 31.5 Å². The van der Waals surface area contributed by atoms with E-state index in [-0.39, 0.29) is 0 Å². The largest absolute Gasteiger partial charge is 0.308 e. The van der Waals surface area contributed by atoms with Crippen molar-refractivity contribution < 1.29 is 0 Å². The summed E-state index contributed by atoms with van der Waals surface area (Å²) in [7, 11) is 0. The number of hydrogen-bond donors (Lipinski definition) is 0. The van der Waals surface area contributed by atoms with Gasteiger partial charge in [-0.05, 0) is 47.0 Å². The summed E-state index contributed by atoms with van der Waals surface area (Å²) in [4.78, 5) is 4.41. The molecule has 23 heavy (non-hydrogen) atoms. The molecule has 2 nitrogen and oxygen atoms in total. The first-order chi connectivity index (χ1) is 11.2. The van der Waals surface area contributed by atoms with Crippen LogP contribution < -0.4 is 0 Å². The minimum Gasteiger partial charge on any atom is -0.308 e. The van der Waals surface area contributed by atoms with Gasteiger partial charge in [0.1, 0.15) is 5.82 Å². The molecule has 0 aliphatic carbocycles. The number of hydrogen-bond acceptors (Lipinski definition) is 1. The van der Waals surface area contributed by atoms with Crippen LogP contribution in [0.2, 0.25) is 0 Å². The van der Waals surface area contributed by atoms with Crippen molar-refractivity contribution in [3.05, 3.63) is 93.4 Å². The fourth-order valence-electron chi connectivity index (χ4n) is 2.31. The minimum absolute atomic E-state index is 0.848. The van der Waals surface area contributed by atoms with Gasteiger partial charge < -0.3 is 4.57 Å². The lowest BCUT2D eigenvalue weighted by atomic mass is 9.97. The number of halogens is 2. The molecular formula is C19H14Br2N2. The molecule has 3 rings (SSSR count). The van der Waals surface area contributed by atoms with E-state index in [0.29, 0.717) is 0 Å². The highest BCUT2D eigenvalue weighted by molar-refractivity contribution is 9.10. The van der Waals surface area contributed by atoms with Crippen molar-refractivity contribution in [1.29, 1.82) is 0 Å². The van der Waals surface area contributed by atoms with Crippen LogP contribution in [-0.2, 0) is 0 Å². The molecule has 0 bridgehead atoms. The van der Waals surface area contributed by atoms with E-state index in [9.17, 15) is 0 Å². The predicted octanol–water partition coefficient (Wildman–Crippen LogP) is 6.10. The number of rotatable bonds is 4. The molecule has 0 unspecified atom stereocenters. The van der Waals surface area contributed by atoms with E-state index in [2.05, 4.69) is 73.8 Å². The lowest BCUT2D eigenvalue weighted by molar-refractivity contribution is 1.11. The maximum Gasteiger partial charge on any atom is 0.137 e. The lowest BCUT2D eigenvalue weighted by Crippen LogP contribution is -1.93. The second kappa shape index (κ2) is 7.11. The van der Waals surface area contributed by atoms with Crippen LogP contribution in [0.15, 0.2) is 76.4 Å². The van der Waals surface area contributed by atoms with Crippen molar-refractivity contribution in [3.63, 3.8) is 0 Å². The van der Waals surface area contributed by atoms with Gasteiger partial charge in [-0.2, -0.15) is 0 Å². The molecule has 3 aromatic rings. The third-order valence-electron chi connectivity index (χ3n) is 3.48. The van der Waals surface area contributed by atoms with Crippen LogP contribution in [0.3, 0.4) is 0 Å². The zero-order valence-electron chi connectivity index (χ0n) is 12.3. The van der Waals surface area contributed by atoms with Gasteiger partial charge in [0, 0.05) is 27.5 Å². The van der Waals surface area contributed by atoms with Crippen LogP contribution in [0.5, 0.6) is 0 Å². The smallest absolute Gasteiger partial charge is 0.137 e. The molecule has 0 atom stereocenters. The molecule has 0 saturated carbocycles. The van der Waals surface area contributed by atoms with Crippen LogP contribution in [-0.4, -0.2) is 9.55 Å². The second-order valence-electron chi connectivity index (χ2n) is 4.95. The summed E-state index contributed by atoms with van der Waals surface area (Å²) in [6.07, 6.45) is 7.49. The first kappa shape index (κ1) is 16.0. The van der Waals surface area contributed by atoms with Crippen molar-refractivity contribution in [3.8, 4) is 0 Å². The molecule has 0 aliphatic rings. The zero-order chi connectivity index (χ0) is 16.2. The van der Waals surface area contributed by atoms with Gasteiger partial charge in [0.25, 0.3) is 0 Å². The summed E-state index contributed by atoms with van der Waals surface area (Å²) < 4.78 is 4.02. The van der Waals surface area contributed by atoms with Crippen LogP contribution >= 0.6 is 31.9 Å². The van der Waals surface area contributed by atoms with E-state index in [1.807, 2.05) is 35.0 Å². The molecule has 1 aromatic heterocycles. The molecule has 0 saturated heterocycles. The molecule has 1 heterocycles. The quantitative estimate of drug-likeness (QED) is 0.490. The zero-order valence-corrected chi connectivity index (χ0v) is 15.5. The molecule has 0 amide bonds. The highest BCUT2D eigenvalue weighted by Crippen LogP contribution is 2.28. The Morgan fingerprint density at radius 2 is 1.43 bits per heavy atom. The Bertz CT molecular complexity index is 796. The Kier molecular flexibility index (Phi) is 4.94. The van der Waals surface area contributed by atoms with Crippen molar-refractivity contribution in [1.82, 2.24) is 9.55 Å². The number of aromatic nitrogens is 2. The molecule has 0 N–H and O–H groups in total. The Hall–Kier alpha value is -1.91. The molecule has 0 fully saturated rings. The summed E-state index contributed by atoms with van der Waals surface area (Å²) in [5.41, 5.74) is 3.38. The molecule has 4 heteroatoms. The first-order valence-corrected chi connectivity index (χ1v) is 8.65. The van der Waals surface area contributed by atoms with Crippen LogP contribution in [0.25, 0.3) is 17.8 Å².